The summed E-state index contributed by atoms with van der Waals surface area (Å²) >= 11 is 5.48. The molecule has 0 bridgehead atoms. The number of nitro groups is 1. The summed E-state index contributed by atoms with van der Waals surface area (Å²) in [5.41, 5.74) is -0.0517. The normalized spacial score (nSPS) is 10.1. The Morgan fingerprint density at radius 1 is 1.33 bits per heavy atom. The quantitative estimate of drug-likeness (QED) is 0.366. The van der Waals surface area contributed by atoms with Crippen molar-refractivity contribution in [3.05, 3.63) is 39.4 Å². The van der Waals surface area contributed by atoms with Crippen LogP contribution in [0.15, 0.2) is 24.3 Å². The van der Waals surface area contributed by atoms with Crippen molar-refractivity contribution in [1.82, 2.24) is 0 Å². The number of nitrogens with zero attached hydrogens (tertiary/aromatic N) is 1. The Morgan fingerprint density at radius 3 is 2.00 bits per heavy atom. The molecule has 0 fully saturated rings. The monoisotopic (exact) mass is 273 g/mol. The van der Waals surface area contributed by atoms with Gasteiger partial charge in [0.05, 0.1) is 4.92 Å². The van der Waals surface area contributed by atoms with E-state index in [1.165, 1.54) is 12.1 Å². The molecule has 1 N–H and O–H groups in total. The highest BCUT2D eigenvalue weighted by atomic mass is 35.7. The van der Waals surface area contributed by atoms with E-state index in [9.17, 15) is 10.1 Å². The number of rotatable bonds is 1. The van der Waals surface area contributed by atoms with Crippen molar-refractivity contribution in [3.8, 4) is 0 Å². The van der Waals surface area contributed by atoms with Crippen LogP contribution in [0.2, 0.25) is 5.02 Å². The molecule has 1 aromatic carbocycles. The molecule has 0 aliphatic carbocycles. The summed E-state index contributed by atoms with van der Waals surface area (Å²) in [6, 6.07) is 6.07. The zero-order valence-corrected chi connectivity index (χ0v) is 9.33. The predicted octanol–water partition coefficient (Wildman–Crippen LogP) is 2.28. The highest BCUT2D eigenvalue weighted by Crippen LogP contribution is 2.21. The molecule has 84 valence electrons. The highest BCUT2D eigenvalue weighted by molar-refractivity contribution is 8.09. The lowest BCUT2D eigenvalue weighted by atomic mass is 10.3. The van der Waals surface area contributed by atoms with Gasteiger partial charge < -0.3 is 0 Å². The maximum atomic E-state index is 10.1. The number of hydrogen-bond acceptors (Lipinski definition) is 4. The summed E-state index contributed by atoms with van der Waals surface area (Å²) in [5, 5.41) is 10.3. The summed E-state index contributed by atoms with van der Waals surface area (Å²) in [5.74, 6) is 0. The summed E-state index contributed by atoms with van der Waals surface area (Å²) in [7, 11) is -0.137. The van der Waals surface area contributed by atoms with Crippen molar-refractivity contribution < 1.29 is 17.9 Å². The number of hydrogen-bond donors (Lipinski definition) is 1. The number of benzene rings is 1. The first kappa shape index (κ1) is 14.1. The van der Waals surface area contributed by atoms with Crippen LogP contribution < -0.4 is 0 Å². The van der Waals surface area contributed by atoms with E-state index in [1.807, 2.05) is 0 Å². The van der Waals surface area contributed by atoms with Gasteiger partial charge in [-0.3, -0.25) is 14.7 Å². The summed E-state index contributed by atoms with van der Waals surface area (Å²) < 4.78 is 25.2. The zero-order chi connectivity index (χ0) is 12.1. The molecule has 6 nitrogen and oxygen atoms in total. The summed E-state index contributed by atoms with van der Waals surface area (Å²) in [6.45, 7) is 0. The molecule has 0 spiro atoms. The van der Waals surface area contributed by atoms with Gasteiger partial charge in [0.1, 0.15) is 5.02 Å². The van der Waals surface area contributed by atoms with Gasteiger partial charge in [0.15, 0.2) is 0 Å². The van der Waals surface area contributed by atoms with E-state index in [0.717, 1.165) is 0 Å². The predicted molar refractivity (Wildman–Crippen MR) is 55.5 cm³/mol. The van der Waals surface area contributed by atoms with Crippen LogP contribution in [0.3, 0.4) is 0 Å². The second kappa shape index (κ2) is 5.86. The Labute approximate surface area is 94.8 Å². The van der Waals surface area contributed by atoms with Crippen LogP contribution >= 0.6 is 22.3 Å². The Hall–Kier alpha value is -0.890. The summed E-state index contributed by atoms with van der Waals surface area (Å²) in [4.78, 5) is 9.63. The lowest BCUT2D eigenvalue weighted by Crippen LogP contribution is -1.87. The Kier molecular flexibility index (Phi) is 5.51. The molecular formula is C6H5Cl2NO5S. The van der Waals surface area contributed by atoms with E-state index < -0.39 is 14.3 Å². The van der Waals surface area contributed by atoms with Crippen molar-refractivity contribution in [2.75, 3.05) is 0 Å². The minimum atomic E-state index is -4.19. The third-order valence-electron chi connectivity index (χ3n) is 1.05. The van der Waals surface area contributed by atoms with Crippen LogP contribution in [-0.4, -0.2) is 17.9 Å². The fourth-order valence-corrected chi connectivity index (χ4v) is 0.805. The van der Waals surface area contributed by atoms with Crippen molar-refractivity contribution >= 4 is 37.3 Å². The molecule has 15 heavy (non-hydrogen) atoms. The second-order valence-corrected chi connectivity index (χ2v) is 4.52. The average molecular weight is 274 g/mol. The molecule has 0 aliphatic rings. The van der Waals surface area contributed by atoms with Crippen LogP contribution in [0.25, 0.3) is 0 Å². The topological polar surface area (TPSA) is 97.5 Å². The number of halogens is 2. The Balaban J connectivity index is 0.000000336. The van der Waals surface area contributed by atoms with E-state index in [2.05, 4.69) is 10.7 Å². The lowest BCUT2D eigenvalue weighted by Gasteiger charge is -1.90. The van der Waals surface area contributed by atoms with Crippen LogP contribution in [0.1, 0.15) is 0 Å². The molecule has 0 amide bonds. The molecular weight excluding hydrogens is 269 g/mol. The number of para-hydroxylation sites is 1. The molecule has 9 heteroatoms. The Morgan fingerprint density at radius 2 is 1.73 bits per heavy atom. The number of nitro benzene ring substituents is 1. The van der Waals surface area contributed by atoms with Gasteiger partial charge in [0, 0.05) is 16.7 Å². The maximum absolute atomic E-state index is 10.1. The van der Waals surface area contributed by atoms with Crippen LogP contribution in [0.5, 0.6) is 0 Å². The average Bonchev–Trinajstić information content (AvgIpc) is 2.01. The smallest absolute Gasteiger partial charge is 0.273 e. The third kappa shape index (κ3) is 8.13. The molecule has 0 aromatic heterocycles. The van der Waals surface area contributed by atoms with Gasteiger partial charge in [0.25, 0.3) is 5.69 Å². The van der Waals surface area contributed by atoms with Gasteiger partial charge >= 0.3 is 9.33 Å². The van der Waals surface area contributed by atoms with Gasteiger partial charge in [-0.15, -0.1) is 0 Å². The van der Waals surface area contributed by atoms with Crippen LogP contribution in [0.4, 0.5) is 5.69 Å². The lowest BCUT2D eigenvalue weighted by molar-refractivity contribution is -0.384. The maximum Gasteiger partial charge on any atom is 0.353 e. The van der Waals surface area contributed by atoms with Gasteiger partial charge in [-0.2, -0.15) is 8.42 Å². The minimum absolute atomic E-state index is 0.0517. The standard InChI is InChI=1S/C6H4ClNO2.ClHO3S/c7-5-3-1-2-4-6(5)8(9)10;1-5(2,3)4/h1-4H;(H,2,3,4). The van der Waals surface area contributed by atoms with Gasteiger partial charge in [-0.1, -0.05) is 23.7 Å². The molecule has 0 heterocycles. The van der Waals surface area contributed by atoms with E-state index in [0.29, 0.717) is 0 Å². The fraction of sp³-hybridized carbons (Fsp3) is 0. The molecule has 0 radical (unpaired) electrons. The Bertz CT molecular complexity index is 439. The van der Waals surface area contributed by atoms with E-state index in [1.54, 1.807) is 12.1 Å². The van der Waals surface area contributed by atoms with Crippen molar-refractivity contribution in [2.24, 2.45) is 0 Å². The van der Waals surface area contributed by atoms with Gasteiger partial charge in [-0.05, 0) is 6.07 Å². The molecule has 0 atom stereocenters. The molecule has 0 saturated carbocycles. The molecule has 1 rings (SSSR count). The molecule has 0 saturated heterocycles. The highest BCUT2D eigenvalue weighted by Gasteiger charge is 2.08. The van der Waals surface area contributed by atoms with Crippen molar-refractivity contribution in [2.45, 2.75) is 0 Å². The second-order valence-electron chi connectivity index (χ2n) is 2.12. The fourth-order valence-electron chi connectivity index (χ4n) is 0.600. The van der Waals surface area contributed by atoms with Crippen molar-refractivity contribution in [3.63, 3.8) is 0 Å². The molecule has 0 aliphatic heterocycles. The van der Waals surface area contributed by atoms with Crippen molar-refractivity contribution in [1.29, 1.82) is 0 Å². The van der Waals surface area contributed by atoms with E-state index in [-0.39, 0.29) is 10.7 Å². The van der Waals surface area contributed by atoms with E-state index in [4.69, 9.17) is 24.6 Å². The first-order chi connectivity index (χ1) is 6.72. The SMILES string of the molecule is O=S(=O)(O)Cl.O=[N+]([O-])c1ccccc1Cl. The van der Waals surface area contributed by atoms with Crippen LogP contribution in [-0.2, 0) is 9.33 Å². The first-order valence-corrected chi connectivity index (χ1v) is 5.92. The van der Waals surface area contributed by atoms with Crippen LogP contribution in [0, 0.1) is 10.1 Å². The molecule has 0 unspecified atom stereocenters. The van der Waals surface area contributed by atoms with Gasteiger partial charge in [0.2, 0.25) is 0 Å². The largest absolute Gasteiger partial charge is 0.353 e. The van der Waals surface area contributed by atoms with E-state index >= 15 is 0 Å². The zero-order valence-electron chi connectivity index (χ0n) is 7.00. The summed E-state index contributed by atoms with van der Waals surface area (Å²) in [6.07, 6.45) is 0. The first-order valence-electron chi connectivity index (χ1n) is 3.28. The molecule has 1 aromatic rings. The third-order valence-corrected chi connectivity index (χ3v) is 1.37. The van der Waals surface area contributed by atoms with Gasteiger partial charge in [-0.25, -0.2) is 0 Å². The minimum Gasteiger partial charge on any atom is -0.273 e.